The van der Waals surface area contributed by atoms with Crippen molar-refractivity contribution < 1.29 is 24.2 Å². The standard InChI is InChI=1S/C27H32N2O5/c1-18(2)14-19(15-26(31)32)16-29-25(30)12-7-13-28-27(33)34-17-24-22-10-5-3-8-20(22)21-9-4-6-11-23(21)24/h3-12,18-19,24H,13-17H2,1-2H3,(H,28,33)(H,29,30)(H,31,32)/b12-7+/t19-/m0/s1. The molecule has 2 aromatic carbocycles. The van der Waals surface area contributed by atoms with Crippen LogP contribution < -0.4 is 10.6 Å². The molecular weight excluding hydrogens is 432 g/mol. The van der Waals surface area contributed by atoms with E-state index in [1.54, 1.807) is 0 Å². The van der Waals surface area contributed by atoms with Crippen LogP contribution in [0.4, 0.5) is 4.79 Å². The van der Waals surface area contributed by atoms with Crippen LogP contribution in [0.3, 0.4) is 0 Å². The maximum absolute atomic E-state index is 12.2. The highest BCUT2D eigenvalue weighted by Crippen LogP contribution is 2.44. The van der Waals surface area contributed by atoms with E-state index in [2.05, 4.69) is 34.9 Å². The second kappa shape index (κ2) is 12.0. The summed E-state index contributed by atoms with van der Waals surface area (Å²) in [6, 6.07) is 16.3. The molecule has 0 spiro atoms. The fourth-order valence-corrected chi connectivity index (χ4v) is 4.41. The van der Waals surface area contributed by atoms with Crippen LogP contribution in [0.1, 0.15) is 43.7 Å². The van der Waals surface area contributed by atoms with Gasteiger partial charge in [-0.15, -0.1) is 0 Å². The van der Waals surface area contributed by atoms with Gasteiger partial charge in [0.2, 0.25) is 5.91 Å². The number of carboxylic acid groups (broad SMARTS) is 1. The van der Waals surface area contributed by atoms with Gasteiger partial charge in [-0.3, -0.25) is 9.59 Å². The quantitative estimate of drug-likeness (QED) is 0.429. The molecule has 0 heterocycles. The molecule has 3 rings (SSSR count). The van der Waals surface area contributed by atoms with E-state index in [9.17, 15) is 14.4 Å². The number of hydrogen-bond donors (Lipinski definition) is 3. The molecule has 0 saturated heterocycles. The van der Waals surface area contributed by atoms with Crippen molar-refractivity contribution in [1.29, 1.82) is 0 Å². The number of alkyl carbamates (subject to hydrolysis) is 1. The van der Waals surface area contributed by atoms with Gasteiger partial charge in [0.1, 0.15) is 6.61 Å². The number of carboxylic acids is 1. The lowest BCUT2D eigenvalue weighted by molar-refractivity contribution is -0.138. The number of amides is 2. The number of carbonyl (C=O) groups is 3. The summed E-state index contributed by atoms with van der Waals surface area (Å²) in [5, 5.41) is 14.4. The number of ether oxygens (including phenoxy) is 1. The molecule has 0 fully saturated rings. The van der Waals surface area contributed by atoms with Crippen molar-refractivity contribution in [3.8, 4) is 11.1 Å². The molecule has 7 heteroatoms. The van der Waals surface area contributed by atoms with Crippen molar-refractivity contribution in [3.05, 3.63) is 71.8 Å². The predicted octanol–water partition coefficient (Wildman–Crippen LogP) is 4.33. The van der Waals surface area contributed by atoms with E-state index in [1.165, 1.54) is 23.3 Å². The fourth-order valence-electron chi connectivity index (χ4n) is 4.41. The number of hydrogen-bond acceptors (Lipinski definition) is 4. The van der Waals surface area contributed by atoms with Gasteiger partial charge in [-0.05, 0) is 40.5 Å². The molecule has 0 bridgehead atoms. The lowest BCUT2D eigenvalue weighted by Gasteiger charge is -2.17. The minimum absolute atomic E-state index is 0.0101. The first-order valence-corrected chi connectivity index (χ1v) is 11.6. The highest BCUT2D eigenvalue weighted by atomic mass is 16.5. The van der Waals surface area contributed by atoms with Crippen LogP contribution in [-0.4, -0.2) is 42.8 Å². The van der Waals surface area contributed by atoms with E-state index in [0.717, 1.165) is 17.5 Å². The van der Waals surface area contributed by atoms with E-state index in [1.807, 2.05) is 38.1 Å². The van der Waals surface area contributed by atoms with Gasteiger partial charge < -0.3 is 20.5 Å². The van der Waals surface area contributed by atoms with Crippen molar-refractivity contribution in [3.63, 3.8) is 0 Å². The monoisotopic (exact) mass is 464 g/mol. The molecule has 0 aliphatic heterocycles. The van der Waals surface area contributed by atoms with Crippen molar-refractivity contribution in [2.24, 2.45) is 11.8 Å². The van der Waals surface area contributed by atoms with Gasteiger partial charge in [0.05, 0.1) is 0 Å². The summed E-state index contributed by atoms with van der Waals surface area (Å²) in [7, 11) is 0. The van der Waals surface area contributed by atoms with Gasteiger partial charge in [-0.25, -0.2) is 4.79 Å². The van der Waals surface area contributed by atoms with Gasteiger partial charge in [0, 0.05) is 31.5 Å². The number of fused-ring (bicyclic) bond motifs is 3. The van der Waals surface area contributed by atoms with E-state index >= 15 is 0 Å². The van der Waals surface area contributed by atoms with Crippen LogP contribution in [0.5, 0.6) is 0 Å². The summed E-state index contributed by atoms with van der Waals surface area (Å²) in [5.41, 5.74) is 4.62. The molecule has 0 unspecified atom stereocenters. The van der Waals surface area contributed by atoms with Crippen LogP contribution in [-0.2, 0) is 14.3 Å². The normalized spacial score (nSPS) is 13.4. The first-order chi connectivity index (χ1) is 16.3. The topological polar surface area (TPSA) is 105 Å². The molecule has 2 aromatic rings. The van der Waals surface area contributed by atoms with Crippen LogP contribution in [0.15, 0.2) is 60.7 Å². The van der Waals surface area contributed by atoms with Crippen LogP contribution in [0.25, 0.3) is 11.1 Å². The second-order valence-corrected chi connectivity index (χ2v) is 8.95. The molecule has 34 heavy (non-hydrogen) atoms. The highest BCUT2D eigenvalue weighted by Gasteiger charge is 2.28. The van der Waals surface area contributed by atoms with E-state index in [-0.39, 0.29) is 37.3 Å². The van der Waals surface area contributed by atoms with Crippen LogP contribution >= 0.6 is 0 Å². The van der Waals surface area contributed by atoms with Crippen LogP contribution in [0.2, 0.25) is 0 Å². The summed E-state index contributed by atoms with van der Waals surface area (Å²) in [5.74, 6) is -0.979. The summed E-state index contributed by atoms with van der Waals surface area (Å²) in [4.78, 5) is 35.2. The van der Waals surface area contributed by atoms with Gasteiger partial charge >= 0.3 is 12.1 Å². The zero-order chi connectivity index (χ0) is 24.5. The molecular formula is C27H32N2O5. The molecule has 7 nitrogen and oxygen atoms in total. The molecule has 3 N–H and O–H groups in total. The molecule has 180 valence electrons. The average molecular weight is 465 g/mol. The Morgan fingerprint density at radius 3 is 2.21 bits per heavy atom. The summed E-state index contributed by atoms with van der Waals surface area (Å²) in [6.45, 7) is 4.71. The summed E-state index contributed by atoms with van der Waals surface area (Å²) >= 11 is 0. The molecule has 0 aromatic heterocycles. The van der Waals surface area contributed by atoms with Crippen molar-refractivity contribution in [2.75, 3.05) is 19.7 Å². The zero-order valence-electron chi connectivity index (χ0n) is 19.6. The van der Waals surface area contributed by atoms with Gasteiger partial charge in [0.25, 0.3) is 0 Å². The molecule has 1 aliphatic rings. The molecule has 1 aliphatic carbocycles. The Labute approximate surface area is 200 Å². The van der Waals surface area contributed by atoms with Crippen molar-refractivity contribution in [2.45, 2.75) is 32.6 Å². The largest absolute Gasteiger partial charge is 0.481 e. The smallest absolute Gasteiger partial charge is 0.407 e. The van der Waals surface area contributed by atoms with Crippen molar-refractivity contribution >= 4 is 18.0 Å². The lowest BCUT2D eigenvalue weighted by atomic mass is 9.94. The lowest BCUT2D eigenvalue weighted by Crippen LogP contribution is -2.30. The van der Waals surface area contributed by atoms with E-state index < -0.39 is 12.1 Å². The van der Waals surface area contributed by atoms with Gasteiger partial charge in [-0.2, -0.15) is 0 Å². The van der Waals surface area contributed by atoms with Crippen molar-refractivity contribution in [1.82, 2.24) is 10.6 Å². The molecule has 0 radical (unpaired) electrons. The first-order valence-electron chi connectivity index (χ1n) is 11.6. The Morgan fingerprint density at radius 2 is 1.62 bits per heavy atom. The second-order valence-electron chi connectivity index (χ2n) is 8.95. The van der Waals surface area contributed by atoms with Gasteiger partial charge in [0.15, 0.2) is 0 Å². The van der Waals surface area contributed by atoms with Crippen LogP contribution in [0, 0.1) is 11.8 Å². The Bertz CT molecular complexity index is 1000. The summed E-state index contributed by atoms with van der Waals surface area (Å²) < 4.78 is 5.46. The first kappa shape index (κ1) is 25.0. The number of carbonyl (C=O) groups excluding carboxylic acids is 2. The number of nitrogens with one attached hydrogen (secondary N) is 2. The Balaban J connectivity index is 1.42. The highest BCUT2D eigenvalue weighted by molar-refractivity contribution is 5.87. The fraction of sp³-hybridized carbons (Fsp3) is 0.370. The SMILES string of the molecule is CC(C)C[C@H](CNC(=O)/C=C/CNC(=O)OCC1c2ccccc2-c2ccccc21)CC(=O)O. The minimum Gasteiger partial charge on any atom is -0.481 e. The maximum atomic E-state index is 12.2. The Kier molecular flexibility index (Phi) is 8.85. The Morgan fingerprint density at radius 1 is 1.00 bits per heavy atom. The predicted molar refractivity (Wildman–Crippen MR) is 130 cm³/mol. The summed E-state index contributed by atoms with van der Waals surface area (Å²) in [6.07, 6.45) is 3.05. The third-order valence-electron chi connectivity index (χ3n) is 5.81. The Hall–Kier alpha value is -3.61. The molecule has 0 saturated carbocycles. The number of rotatable bonds is 11. The maximum Gasteiger partial charge on any atom is 0.407 e. The third kappa shape index (κ3) is 6.94. The molecule has 1 atom stereocenters. The van der Waals surface area contributed by atoms with E-state index in [0.29, 0.717) is 12.5 Å². The number of benzene rings is 2. The average Bonchev–Trinajstić information content (AvgIpc) is 3.12. The van der Waals surface area contributed by atoms with Gasteiger partial charge in [-0.1, -0.05) is 68.5 Å². The van der Waals surface area contributed by atoms with E-state index in [4.69, 9.17) is 9.84 Å². The third-order valence-corrected chi connectivity index (χ3v) is 5.81. The number of aliphatic carboxylic acids is 1. The molecule has 2 amide bonds. The minimum atomic E-state index is -0.872. The zero-order valence-corrected chi connectivity index (χ0v) is 19.6.